The number of aryl methyl sites for hydroxylation is 1. The molecular formula is C16H23N3O. The molecule has 3 heterocycles. The molecule has 1 aromatic rings. The molecule has 20 heavy (non-hydrogen) atoms. The Labute approximate surface area is 120 Å². The van der Waals surface area contributed by atoms with Crippen LogP contribution >= 0.6 is 0 Å². The van der Waals surface area contributed by atoms with Crippen LogP contribution in [0, 0.1) is 6.92 Å². The number of nitrogens with zero attached hydrogens (tertiary/aromatic N) is 3. The van der Waals surface area contributed by atoms with Gasteiger partial charge in [0, 0.05) is 31.5 Å². The van der Waals surface area contributed by atoms with Crippen molar-refractivity contribution in [2.24, 2.45) is 0 Å². The number of aromatic nitrogens is 1. The Morgan fingerprint density at radius 3 is 2.90 bits per heavy atom. The van der Waals surface area contributed by atoms with E-state index in [1.54, 1.807) is 6.20 Å². The number of hydrogen-bond donors (Lipinski definition) is 0. The molecule has 1 amide bonds. The molecule has 0 spiro atoms. The van der Waals surface area contributed by atoms with Gasteiger partial charge in [-0.3, -0.25) is 14.7 Å². The zero-order chi connectivity index (χ0) is 13.9. The molecule has 2 aliphatic rings. The first-order chi connectivity index (χ1) is 9.74. The van der Waals surface area contributed by atoms with Crippen molar-refractivity contribution in [2.75, 3.05) is 26.2 Å². The maximum absolute atomic E-state index is 12.4. The molecule has 0 bridgehead atoms. The van der Waals surface area contributed by atoms with Gasteiger partial charge in [-0.15, -0.1) is 0 Å². The third-order valence-electron chi connectivity index (χ3n) is 4.66. The van der Waals surface area contributed by atoms with Crippen molar-refractivity contribution in [1.29, 1.82) is 0 Å². The molecule has 4 nitrogen and oxygen atoms in total. The fourth-order valence-corrected chi connectivity index (χ4v) is 3.33. The summed E-state index contributed by atoms with van der Waals surface area (Å²) >= 11 is 0. The average Bonchev–Trinajstić information content (AvgIpc) is 3.11. The lowest BCUT2D eigenvalue weighted by Gasteiger charge is -2.23. The quantitative estimate of drug-likeness (QED) is 0.840. The van der Waals surface area contributed by atoms with Crippen LogP contribution < -0.4 is 0 Å². The first kappa shape index (κ1) is 13.6. The van der Waals surface area contributed by atoms with Crippen molar-refractivity contribution in [3.63, 3.8) is 0 Å². The van der Waals surface area contributed by atoms with Gasteiger partial charge in [-0.2, -0.15) is 0 Å². The van der Waals surface area contributed by atoms with Gasteiger partial charge in [-0.1, -0.05) is 0 Å². The maximum atomic E-state index is 12.4. The van der Waals surface area contributed by atoms with Crippen LogP contribution in [0.4, 0.5) is 0 Å². The zero-order valence-electron chi connectivity index (χ0n) is 12.2. The topological polar surface area (TPSA) is 36.4 Å². The number of amides is 1. The zero-order valence-corrected chi connectivity index (χ0v) is 12.2. The molecule has 2 aliphatic heterocycles. The van der Waals surface area contributed by atoms with E-state index in [2.05, 4.69) is 9.88 Å². The van der Waals surface area contributed by atoms with E-state index in [4.69, 9.17) is 0 Å². The Balaban J connectivity index is 1.57. The fraction of sp³-hybridized carbons (Fsp3) is 0.625. The lowest BCUT2D eigenvalue weighted by Crippen LogP contribution is -2.37. The van der Waals surface area contributed by atoms with Gasteiger partial charge >= 0.3 is 0 Å². The molecule has 108 valence electrons. The lowest BCUT2D eigenvalue weighted by molar-refractivity contribution is -0.129. The van der Waals surface area contributed by atoms with Crippen molar-refractivity contribution in [3.8, 4) is 0 Å². The molecule has 1 unspecified atom stereocenters. The van der Waals surface area contributed by atoms with Gasteiger partial charge in [0.05, 0.1) is 6.42 Å². The maximum Gasteiger partial charge on any atom is 0.227 e. The average molecular weight is 273 g/mol. The van der Waals surface area contributed by atoms with Crippen LogP contribution in [-0.4, -0.2) is 52.9 Å². The van der Waals surface area contributed by atoms with Crippen LogP contribution in [0.5, 0.6) is 0 Å². The normalized spacial score (nSPS) is 23.4. The minimum Gasteiger partial charge on any atom is -0.341 e. The van der Waals surface area contributed by atoms with Crippen LogP contribution in [0.3, 0.4) is 0 Å². The van der Waals surface area contributed by atoms with Gasteiger partial charge in [-0.25, -0.2) is 0 Å². The lowest BCUT2D eigenvalue weighted by atomic mass is 10.1. The van der Waals surface area contributed by atoms with E-state index < -0.39 is 0 Å². The minimum absolute atomic E-state index is 0.253. The van der Waals surface area contributed by atoms with E-state index in [1.165, 1.54) is 25.9 Å². The largest absolute Gasteiger partial charge is 0.341 e. The predicted octanol–water partition coefficient (Wildman–Crippen LogP) is 1.63. The monoisotopic (exact) mass is 273 g/mol. The van der Waals surface area contributed by atoms with Crippen LogP contribution in [0.1, 0.15) is 30.4 Å². The third-order valence-corrected chi connectivity index (χ3v) is 4.66. The second-order valence-electron chi connectivity index (χ2n) is 6.00. The Hall–Kier alpha value is -1.42. The van der Waals surface area contributed by atoms with E-state index in [-0.39, 0.29) is 5.91 Å². The van der Waals surface area contributed by atoms with Crippen LogP contribution in [0.25, 0.3) is 0 Å². The SMILES string of the molecule is Cc1ccncc1CC(=O)N1CCC(N2CCCC2)C1. The van der Waals surface area contributed by atoms with E-state index in [0.29, 0.717) is 12.5 Å². The highest BCUT2D eigenvalue weighted by molar-refractivity contribution is 5.79. The van der Waals surface area contributed by atoms with Crippen LogP contribution in [0.2, 0.25) is 0 Å². The van der Waals surface area contributed by atoms with Crippen LogP contribution in [0.15, 0.2) is 18.5 Å². The summed E-state index contributed by atoms with van der Waals surface area (Å²) in [6.07, 6.45) is 7.87. The summed E-state index contributed by atoms with van der Waals surface area (Å²) in [7, 11) is 0. The Morgan fingerprint density at radius 1 is 1.35 bits per heavy atom. The molecule has 3 rings (SSSR count). The molecular weight excluding hydrogens is 250 g/mol. The molecule has 2 fully saturated rings. The van der Waals surface area contributed by atoms with Crippen molar-refractivity contribution in [2.45, 2.75) is 38.6 Å². The van der Waals surface area contributed by atoms with Gasteiger partial charge in [0.15, 0.2) is 0 Å². The van der Waals surface area contributed by atoms with Gasteiger partial charge in [0.25, 0.3) is 0 Å². The number of hydrogen-bond acceptors (Lipinski definition) is 3. The molecule has 0 aliphatic carbocycles. The van der Waals surface area contributed by atoms with E-state index in [9.17, 15) is 4.79 Å². The Morgan fingerprint density at radius 2 is 2.15 bits per heavy atom. The smallest absolute Gasteiger partial charge is 0.227 e. The van der Waals surface area contributed by atoms with Crippen molar-refractivity contribution >= 4 is 5.91 Å². The van der Waals surface area contributed by atoms with Crippen molar-refractivity contribution in [3.05, 3.63) is 29.6 Å². The highest BCUT2D eigenvalue weighted by Gasteiger charge is 2.31. The second kappa shape index (κ2) is 5.92. The standard InChI is InChI=1S/C16H23N3O/c1-13-4-6-17-11-14(13)10-16(20)19-9-5-15(12-19)18-7-2-3-8-18/h4,6,11,15H,2-3,5,7-10,12H2,1H3. The van der Waals surface area contributed by atoms with Gasteiger partial charge in [-0.05, 0) is 56.5 Å². The molecule has 0 saturated carbocycles. The number of likely N-dealkylation sites (tertiary alicyclic amines) is 2. The number of pyridine rings is 1. The summed E-state index contributed by atoms with van der Waals surface area (Å²) in [6.45, 7) is 6.31. The first-order valence-electron chi connectivity index (χ1n) is 7.65. The third kappa shape index (κ3) is 2.85. The molecule has 0 N–H and O–H groups in total. The molecule has 0 radical (unpaired) electrons. The number of carbonyl (C=O) groups excluding carboxylic acids is 1. The van der Waals surface area contributed by atoms with E-state index in [1.807, 2.05) is 24.1 Å². The Bertz CT molecular complexity index is 482. The highest BCUT2D eigenvalue weighted by Crippen LogP contribution is 2.21. The molecule has 1 aromatic heterocycles. The highest BCUT2D eigenvalue weighted by atomic mass is 16.2. The van der Waals surface area contributed by atoms with Crippen molar-refractivity contribution in [1.82, 2.24) is 14.8 Å². The van der Waals surface area contributed by atoms with Gasteiger partial charge < -0.3 is 4.90 Å². The molecule has 1 atom stereocenters. The molecule has 0 aromatic carbocycles. The summed E-state index contributed by atoms with van der Waals surface area (Å²) in [5.41, 5.74) is 2.21. The van der Waals surface area contributed by atoms with E-state index in [0.717, 1.165) is 30.6 Å². The predicted molar refractivity (Wildman–Crippen MR) is 78.5 cm³/mol. The van der Waals surface area contributed by atoms with Crippen LogP contribution in [-0.2, 0) is 11.2 Å². The van der Waals surface area contributed by atoms with Gasteiger partial charge in [0.1, 0.15) is 0 Å². The summed E-state index contributed by atoms with van der Waals surface area (Å²) in [4.78, 5) is 21.1. The number of rotatable bonds is 3. The minimum atomic E-state index is 0.253. The molecule has 2 saturated heterocycles. The van der Waals surface area contributed by atoms with Crippen molar-refractivity contribution < 1.29 is 4.79 Å². The second-order valence-corrected chi connectivity index (χ2v) is 6.00. The number of carbonyl (C=O) groups is 1. The Kier molecular flexibility index (Phi) is 4.01. The fourth-order valence-electron chi connectivity index (χ4n) is 3.33. The van der Waals surface area contributed by atoms with Gasteiger partial charge in [0.2, 0.25) is 5.91 Å². The summed E-state index contributed by atoms with van der Waals surface area (Å²) in [5.74, 6) is 0.253. The molecule has 4 heteroatoms. The summed E-state index contributed by atoms with van der Waals surface area (Å²) in [6, 6.07) is 2.57. The summed E-state index contributed by atoms with van der Waals surface area (Å²) < 4.78 is 0. The first-order valence-corrected chi connectivity index (χ1v) is 7.65. The summed E-state index contributed by atoms with van der Waals surface area (Å²) in [5, 5.41) is 0. The van der Waals surface area contributed by atoms with E-state index >= 15 is 0 Å².